The fraction of sp³-hybridized carbons (Fsp3) is 0.500. The Morgan fingerprint density at radius 1 is 1.10 bits per heavy atom. The zero-order valence-corrected chi connectivity index (χ0v) is 12.5. The lowest BCUT2D eigenvalue weighted by Gasteiger charge is -2.08. The Labute approximate surface area is 125 Å². The average molecular weight is 292 g/mol. The van der Waals surface area contributed by atoms with E-state index in [1.165, 1.54) is 0 Å². The van der Waals surface area contributed by atoms with Gasteiger partial charge >= 0.3 is 12.0 Å². The van der Waals surface area contributed by atoms with E-state index in [4.69, 9.17) is 5.11 Å². The van der Waals surface area contributed by atoms with Crippen molar-refractivity contribution in [2.24, 2.45) is 5.92 Å². The second-order valence-corrected chi connectivity index (χ2v) is 5.19. The number of carbonyl (C=O) groups excluding carboxylic acids is 1. The fourth-order valence-corrected chi connectivity index (χ4v) is 1.95. The van der Waals surface area contributed by atoms with Gasteiger partial charge in [-0.2, -0.15) is 0 Å². The van der Waals surface area contributed by atoms with E-state index in [0.717, 1.165) is 37.8 Å². The van der Waals surface area contributed by atoms with Crippen LogP contribution in [0.25, 0.3) is 0 Å². The molecule has 0 aliphatic carbocycles. The normalized spacial score (nSPS) is 11.7. The first kappa shape index (κ1) is 17.0. The summed E-state index contributed by atoms with van der Waals surface area (Å²) in [5, 5.41) is 14.3. The SMILES string of the molecule is CC(CCCCCCNC(=O)Nc1ccccc1)C(=O)O. The quantitative estimate of drug-likeness (QED) is 0.610. The summed E-state index contributed by atoms with van der Waals surface area (Å²) in [6.45, 7) is 2.37. The Hall–Kier alpha value is -2.04. The second-order valence-electron chi connectivity index (χ2n) is 5.19. The maximum absolute atomic E-state index is 11.6. The molecule has 0 aliphatic rings. The molecule has 116 valence electrons. The molecule has 0 fully saturated rings. The summed E-state index contributed by atoms with van der Waals surface area (Å²) in [5.74, 6) is -0.992. The van der Waals surface area contributed by atoms with Gasteiger partial charge in [-0.25, -0.2) is 4.79 Å². The number of unbranched alkanes of at least 4 members (excludes halogenated alkanes) is 3. The van der Waals surface area contributed by atoms with Gasteiger partial charge in [-0.05, 0) is 25.0 Å². The molecule has 1 atom stereocenters. The maximum atomic E-state index is 11.6. The number of benzene rings is 1. The van der Waals surface area contributed by atoms with Gasteiger partial charge in [0.05, 0.1) is 5.92 Å². The van der Waals surface area contributed by atoms with Crippen LogP contribution in [0.1, 0.15) is 39.0 Å². The van der Waals surface area contributed by atoms with E-state index in [1.54, 1.807) is 6.92 Å². The van der Waals surface area contributed by atoms with Crippen molar-refractivity contribution in [1.29, 1.82) is 0 Å². The highest BCUT2D eigenvalue weighted by atomic mass is 16.4. The van der Waals surface area contributed by atoms with Crippen molar-refractivity contribution >= 4 is 17.7 Å². The number of anilines is 1. The van der Waals surface area contributed by atoms with Gasteiger partial charge in [0.25, 0.3) is 0 Å². The van der Waals surface area contributed by atoms with E-state index in [0.29, 0.717) is 6.54 Å². The topological polar surface area (TPSA) is 78.4 Å². The minimum Gasteiger partial charge on any atom is -0.481 e. The van der Waals surface area contributed by atoms with Crippen LogP contribution in [0.3, 0.4) is 0 Å². The molecule has 0 spiro atoms. The van der Waals surface area contributed by atoms with Crippen LogP contribution in [0.15, 0.2) is 30.3 Å². The molecule has 0 saturated heterocycles. The summed E-state index contributed by atoms with van der Waals surface area (Å²) < 4.78 is 0. The molecular weight excluding hydrogens is 268 g/mol. The van der Waals surface area contributed by atoms with Crippen LogP contribution in [-0.2, 0) is 4.79 Å². The first-order chi connectivity index (χ1) is 10.1. The molecule has 0 aromatic heterocycles. The molecule has 5 nitrogen and oxygen atoms in total. The molecule has 1 aromatic carbocycles. The van der Waals surface area contributed by atoms with Gasteiger partial charge in [0.15, 0.2) is 0 Å². The lowest BCUT2D eigenvalue weighted by molar-refractivity contribution is -0.141. The lowest BCUT2D eigenvalue weighted by Crippen LogP contribution is -2.29. The molecule has 1 aromatic rings. The molecule has 0 radical (unpaired) electrons. The predicted molar refractivity (Wildman–Crippen MR) is 83.3 cm³/mol. The van der Waals surface area contributed by atoms with Crippen LogP contribution < -0.4 is 10.6 Å². The van der Waals surface area contributed by atoms with Crippen LogP contribution in [0, 0.1) is 5.92 Å². The molecule has 0 aliphatic heterocycles. The average Bonchev–Trinajstić information content (AvgIpc) is 2.46. The van der Waals surface area contributed by atoms with E-state index in [9.17, 15) is 9.59 Å². The number of para-hydroxylation sites is 1. The summed E-state index contributed by atoms with van der Waals surface area (Å²) in [7, 11) is 0. The molecule has 0 bridgehead atoms. The molecule has 2 amide bonds. The number of urea groups is 1. The summed E-state index contributed by atoms with van der Waals surface area (Å²) >= 11 is 0. The largest absolute Gasteiger partial charge is 0.481 e. The van der Waals surface area contributed by atoms with Crippen molar-refractivity contribution in [2.45, 2.75) is 39.0 Å². The standard InChI is InChI=1S/C16H24N2O3/c1-13(15(19)20)9-5-2-3-8-12-17-16(21)18-14-10-6-4-7-11-14/h4,6-7,10-11,13H,2-3,5,8-9,12H2,1H3,(H,19,20)(H2,17,18,21). The number of carboxylic acids is 1. The number of carbonyl (C=O) groups is 2. The Bertz CT molecular complexity index is 434. The third-order valence-electron chi connectivity index (χ3n) is 3.30. The van der Waals surface area contributed by atoms with Crippen molar-refractivity contribution in [3.63, 3.8) is 0 Å². The van der Waals surface area contributed by atoms with Gasteiger partial charge in [0.2, 0.25) is 0 Å². The first-order valence-corrected chi connectivity index (χ1v) is 7.42. The van der Waals surface area contributed by atoms with Crippen LogP contribution in [0.5, 0.6) is 0 Å². The molecule has 3 N–H and O–H groups in total. The highest BCUT2D eigenvalue weighted by Crippen LogP contribution is 2.10. The number of rotatable bonds is 9. The second kappa shape index (κ2) is 9.80. The van der Waals surface area contributed by atoms with Gasteiger partial charge < -0.3 is 15.7 Å². The number of hydrogen-bond acceptors (Lipinski definition) is 2. The van der Waals surface area contributed by atoms with Gasteiger partial charge in [0.1, 0.15) is 0 Å². The van der Waals surface area contributed by atoms with Gasteiger partial charge in [-0.1, -0.05) is 44.4 Å². The monoisotopic (exact) mass is 292 g/mol. The maximum Gasteiger partial charge on any atom is 0.319 e. The van der Waals surface area contributed by atoms with Crippen molar-refractivity contribution in [3.8, 4) is 0 Å². The summed E-state index contributed by atoms with van der Waals surface area (Å²) in [4.78, 5) is 22.2. The number of carboxylic acid groups (broad SMARTS) is 1. The van der Waals surface area contributed by atoms with E-state index in [-0.39, 0.29) is 11.9 Å². The number of hydrogen-bond donors (Lipinski definition) is 3. The summed E-state index contributed by atoms with van der Waals surface area (Å²) in [6.07, 6.45) is 4.54. The Kier molecular flexibility index (Phi) is 7.94. The Balaban J connectivity index is 1.99. The minimum atomic E-state index is -0.728. The number of nitrogens with one attached hydrogen (secondary N) is 2. The van der Waals surface area contributed by atoms with Crippen molar-refractivity contribution in [2.75, 3.05) is 11.9 Å². The number of amides is 2. The van der Waals surface area contributed by atoms with Crippen LogP contribution in [0.2, 0.25) is 0 Å². The highest BCUT2D eigenvalue weighted by Gasteiger charge is 2.09. The minimum absolute atomic E-state index is 0.194. The molecule has 21 heavy (non-hydrogen) atoms. The zero-order valence-electron chi connectivity index (χ0n) is 12.5. The lowest BCUT2D eigenvalue weighted by atomic mass is 10.0. The van der Waals surface area contributed by atoms with Crippen molar-refractivity contribution in [3.05, 3.63) is 30.3 Å². The van der Waals surface area contributed by atoms with Crippen LogP contribution >= 0.6 is 0 Å². The predicted octanol–water partition coefficient (Wildman–Crippen LogP) is 3.48. The molecule has 0 saturated carbocycles. The van der Waals surface area contributed by atoms with Crippen molar-refractivity contribution in [1.82, 2.24) is 5.32 Å². The van der Waals surface area contributed by atoms with E-state index in [1.807, 2.05) is 30.3 Å². The van der Waals surface area contributed by atoms with Crippen molar-refractivity contribution < 1.29 is 14.7 Å². The number of aliphatic carboxylic acids is 1. The highest BCUT2D eigenvalue weighted by molar-refractivity contribution is 5.89. The molecule has 1 rings (SSSR count). The van der Waals surface area contributed by atoms with E-state index in [2.05, 4.69) is 10.6 Å². The van der Waals surface area contributed by atoms with Gasteiger partial charge in [-0.3, -0.25) is 4.79 Å². The van der Waals surface area contributed by atoms with E-state index < -0.39 is 5.97 Å². The smallest absolute Gasteiger partial charge is 0.319 e. The Morgan fingerprint density at radius 3 is 2.43 bits per heavy atom. The van der Waals surface area contributed by atoms with E-state index >= 15 is 0 Å². The molecular formula is C16H24N2O3. The third-order valence-corrected chi connectivity index (χ3v) is 3.30. The first-order valence-electron chi connectivity index (χ1n) is 7.42. The zero-order chi connectivity index (χ0) is 15.5. The summed E-state index contributed by atoms with van der Waals surface area (Å²) in [6, 6.07) is 9.11. The van der Waals surface area contributed by atoms with Gasteiger partial charge in [-0.15, -0.1) is 0 Å². The fourth-order valence-electron chi connectivity index (χ4n) is 1.95. The van der Waals surface area contributed by atoms with Crippen LogP contribution in [-0.4, -0.2) is 23.7 Å². The third kappa shape index (κ3) is 7.97. The summed E-state index contributed by atoms with van der Waals surface area (Å²) in [5.41, 5.74) is 0.776. The molecule has 0 heterocycles. The van der Waals surface area contributed by atoms with Gasteiger partial charge in [0, 0.05) is 12.2 Å². The molecule has 1 unspecified atom stereocenters. The van der Waals surface area contributed by atoms with Crippen LogP contribution in [0.4, 0.5) is 10.5 Å². The molecule has 5 heteroatoms. The Morgan fingerprint density at radius 2 is 1.76 bits per heavy atom.